The van der Waals surface area contributed by atoms with Crippen LogP contribution >= 0.6 is 39.1 Å². The summed E-state index contributed by atoms with van der Waals surface area (Å²) in [7, 11) is 0. The molecule has 0 unspecified atom stereocenters. The van der Waals surface area contributed by atoms with Gasteiger partial charge >= 0.3 is 0 Å². The lowest BCUT2D eigenvalue weighted by Crippen LogP contribution is -1.91. The maximum Gasteiger partial charge on any atom is 0.162 e. The van der Waals surface area contributed by atoms with Crippen molar-refractivity contribution in [2.45, 2.75) is 0 Å². The maximum absolute atomic E-state index is 12.9. The molecule has 1 aromatic carbocycles. The molecule has 0 bridgehead atoms. The Hall–Kier alpha value is 0.01000. The van der Waals surface area contributed by atoms with Crippen LogP contribution in [0.15, 0.2) is 16.6 Å². The summed E-state index contributed by atoms with van der Waals surface area (Å²) in [5.74, 6) is -0.188. The second-order valence-corrected chi connectivity index (χ2v) is 3.43. The molecule has 0 radical (unpaired) electrons. The van der Waals surface area contributed by atoms with E-state index in [1.165, 1.54) is 12.1 Å². The summed E-state index contributed by atoms with van der Waals surface area (Å²) in [6, 6.07) is 2.54. The highest BCUT2D eigenvalue weighted by Gasteiger charge is 2.06. The molecule has 1 rings (SSSR count). The number of halogens is 4. The number of hydrogen-bond acceptors (Lipinski definition) is 1. The number of benzene rings is 1. The highest BCUT2D eigenvalue weighted by molar-refractivity contribution is 9.10. The van der Waals surface area contributed by atoms with E-state index in [1.54, 1.807) is 0 Å². The first kappa shape index (κ1) is 10.1. The van der Waals surface area contributed by atoms with Gasteiger partial charge in [-0.2, -0.15) is 0 Å². The van der Waals surface area contributed by atoms with E-state index in [0.29, 0.717) is 9.50 Å². The molecule has 0 N–H and O–H groups in total. The Morgan fingerprint density at radius 1 is 1.50 bits per heavy atom. The fourth-order valence-corrected chi connectivity index (χ4v) is 1.48. The highest BCUT2D eigenvalue weighted by Crippen LogP contribution is 2.30. The standard InChI is InChI=1S/C7H4BrCl2FO/c8-4-1-5(10)7(12-3-9)2-6(4)11/h1-2H,3H2. The smallest absolute Gasteiger partial charge is 0.162 e. The van der Waals surface area contributed by atoms with Crippen molar-refractivity contribution in [1.82, 2.24) is 0 Å². The average molecular weight is 274 g/mol. The van der Waals surface area contributed by atoms with E-state index in [-0.39, 0.29) is 11.8 Å². The van der Waals surface area contributed by atoms with Gasteiger partial charge in [-0.3, -0.25) is 0 Å². The van der Waals surface area contributed by atoms with E-state index in [2.05, 4.69) is 15.9 Å². The van der Waals surface area contributed by atoms with E-state index < -0.39 is 5.82 Å². The molecule has 0 heterocycles. The molecule has 0 aliphatic carbocycles. The predicted molar refractivity (Wildman–Crippen MR) is 50.5 cm³/mol. The fraction of sp³-hybridized carbons (Fsp3) is 0.143. The molecule has 1 aromatic rings. The minimum atomic E-state index is -0.431. The Labute approximate surface area is 87.5 Å². The molecule has 0 fully saturated rings. The molecular formula is C7H4BrCl2FO. The third-order valence-corrected chi connectivity index (χ3v) is 2.20. The molecule has 66 valence electrons. The topological polar surface area (TPSA) is 9.23 Å². The van der Waals surface area contributed by atoms with Gasteiger partial charge in [0.25, 0.3) is 0 Å². The van der Waals surface area contributed by atoms with Crippen LogP contribution in [-0.4, -0.2) is 6.07 Å². The van der Waals surface area contributed by atoms with Crippen LogP contribution in [-0.2, 0) is 0 Å². The summed E-state index contributed by atoms with van der Waals surface area (Å²) in [4.78, 5) is 0. The summed E-state index contributed by atoms with van der Waals surface area (Å²) < 4.78 is 18.0. The van der Waals surface area contributed by atoms with Crippen LogP contribution in [0.1, 0.15) is 0 Å². The molecule has 0 spiro atoms. The Morgan fingerprint density at radius 3 is 2.75 bits per heavy atom. The van der Waals surface area contributed by atoms with Gasteiger partial charge in [-0.15, -0.1) is 0 Å². The molecule has 0 amide bonds. The van der Waals surface area contributed by atoms with Crippen LogP contribution in [0.3, 0.4) is 0 Å². The lowest BCUT2D eigenvalue weighted by Gasteiger charge is -2.04. The van der Waals surface area contributed by atoms with E-state index in [4.69, 9.17) is 27.9 Å². The van der Waals surface area contributed by atoms with Gasteiger partial charge in [-0.25, -0.2) is 4.39 Å². The first-order chi connectivity index (χ1) is 5.65. The van der Waals surface area contributed by atoms with Crippen molar-refractivity contribution >= 4 is 39.1 Å². The van der Waals surface area contributed by atoms with Gasteiger partial charge in [0.05, 0.1) is 9.50 Å². The third kappa shape index (κ3) is 2.25. The monoisotopic (exact) mass is 272 g/mol. The van der Waals surface area contributed by atoms with Gasteiger partial charge < -0.3 is 4.74 Å². The summed E-state index contributed by atoms with van der Waals surface area (Å²) in [5.41, 5.74) is 0. The van der Waals surface area contributed by atoms with Gasteiger partial charge in [0.2, 0.25) is 0 Å². The Kier molecular flexibility index (Phi) is 3.62. The van der Waals surface area contributed by atoms with Crippen LogP contribution in [0.25, 0.3) is 0 Å². The molecule has 0 saturated carbocycles. The van der Waals surface area contributed by atoms with Crippen LogP contribution in [0, 0.1) is 5.82 Å². The Morgan fingerprint density at radius 2 is 2.17 bits per heavy atom. The number of rotatable bonds is 2. The number of ether oxygens (including phenoxy) is 1. The molecule has 0 aliphatic rings. The van der Waals surface area contributed by atoms with E-state index >= 15 is 0 Å². The lowest BCUT2D eigenvalue weighted by atomic mass is 10.3. The first-order valence-electron chi connectivity index (χ1n) is 2.98. The summed E-state index contributed by atoms with van der Waals surface area (Å²) in [6.07, 6.45) is 0. The summed E-state index contributed by atoms with van der Waals surface area (Å²) in [5, 5.41) is 0.323. The third-order valence-electron chi connectivity index (χ3n) is 1.18. The first-order valence-corrected chi connectivity index (χ1v) is 4.69. The summed E-state index contributed by atoms with van der Waals surface area (Å²) >= 11 is 14.0. The van der Waals surface area contributed by atoms with Crippen LogP contribution in [0.5, 0.6) is 5.75 Å². The minimum absolute atomic E-state index is 0.0548. The van der Waals surface area contributed by atoms with Crippen molar-refractivity contribution in [3.63, 3.8) is 0 Å². The van der Waals surface area contributed by atoms with Crippen molar-refractivity contribution in [2.75, 3.05) is 6.07 Å². The largest absolute Gasteiger partial charge is 0.476 e. The zero-order chi connectivity index (χ0) is 9.14. The van der Waals surface area contributed by atoms with Gasteiger partial charge in [0, 0.05) is 6.07 Å². The SMILES string of the molecule is Fc1cc(OCCl)c(Cl)cc1Br. The van der Waals surface area contributed by atoms with Crippen molar-refractivity contribution < 1.29 is 9.13 Å². The van der Waals surface area contributed by atoms with Crippen LogP contribution in [0.4, 0.5) is 4.39 Å². The van der Waals surface area contributed by atoms with Crippen LogP contribution < -0.4 is 4.74 Å². The molecular weight excluding hydrogens is 270 g/mol. The highest BCUT2D eigenvalue weighted by atomic mass is 79.9. The van der Waals surface area contributed by atoms with E-state index in [1.807, 2.05) is 0 Å². The second-order valence-electron chi connectivity index (χ2n) is 1.95. The van der Waals surface area contributed by atoms with Crippen molar-refractivity contribution in [1.29, 1.82) is 0 Å². The van der Waals surface area contributed by atoms with E-state index in [9.17, 15) is 4.39 Å². The molecule has 0 aromatic heterocycles. The molecule has 0 saturated heterocycles. The predicted octanol–water partition coefficient (Wildman–Crippen LogP) is 3.82. The van der Waals surface area contributed by atoms with Gasteiger partial charge in [-0.1, -0.05) is 23.2 Å². The van der Waals surface area contributed by atoms with Gasteiger partial charge in [0.1, 0.15) is 11.6 Å². The molecule has 1 nitrogen and oxygen atoms in total. The molecule has 5 heteroatoms. The van der Waals surface area contributed by atoms with Crippen LogP contribution in [0.2, 0.25) is 5.02 Å². The Balaban J connectivity index is 3.05. The summed E-state index contributed by atoms with van der Waals surface area (Å²) in [6.45, 7) is 0. The maximum atomic E-state index is 12.9. The minimum Gasteiger partial charge on any atom is -0.476 e. The number of alkyl halides is 1. The second kappa shape index (κ2) is 4.30. The average Bonchev–Trinajstić information content (AvgIpc) is 2.01. The van der Waals surface area contributed by atoms with Crippen molar-refractivity contribution in [3.8, 4) is 5.75 Å². The van der Waals surface area contributed by atoms with Crippen molar-refractivity contribution in [3.05, 3.63) is 27.4 Å². The van der Waals surface area contributed by atoms with Crippen molar-refractivity contribution in [2.24, 2.45) is 0 Å². The Bertz CT molecular complexity index is 293. The fourth-order valence-electron chi connectivity index (χ4n) is 0.674. The zero-order valence-electron chi connectivity index (χ0n) is 5.78. The molecule has 0 atom stereocenters. The molecule has 12 heavy (non-hydrogen) atoms. The van der Waals surface area contributed by atoms with Gasteiger partial charge in [0.15, 0.2) is 6.07 Å². The quantitative estimate of drug-likeness (QED) is 0.588. The lowest BCUT2D eigenvalue weighted by molar-refractivity contribution is 0.385. The normalized spacial score (nSPS) is 10.0. The molecule has 0 aliphatic heterocycles. The van der Waals surface area contributed by atoms with E-state index in [0.717, 1.165) is 0 Å². The van der Waals surface area contributed by atoms with Gasteiger partial charge in [-0.05, 0) is 22.0 Å². The number of hydrogen-bond donors (Lipinski definition) is 0. The zero-order valence-corrected chi connectivity index (χ0v) is 8.88.